The number of carbonyl (C=O) groups is 3. The van der Waals surface area contributed by atoms with Crippen molar-refractivity contribution in [3.05, 3.63) is 59.7 Å². The van der Waals surface area contributed by atoms with E-state index in [2.05, 4.69) is 5.32 Å². The molecule has 2 rings (SSSR count). The average molecular weight is 420 g/mol. The molecule has 0 atom stereocenters. The van der Waals surface area contributed by atoms with E-state index in [1.807, 2.05) is 0 Å². The molecule has 0 aromatic heterocycles. The first kappa shape index (κ1) is 23.1. The molecule has 5 nitrogen and oxygen atoms in total. The standard InChI is InChI=1S/C22H23F3N2O3/c23-22(24,25)21(30)16-10-6-5-9-15(16)19(28)13-3-1-2-4-14-20(29)27-18-12-8-7-11-17(18)26/h5-12H,1-4,13-14,26H2,(H,27,29). The molecule has 30 heavy (non-hydrogen) atoms. The van der Waals surface area contributed by atoms with Gasteiger partial charge in [-0.25, -0.2) is 0 Å². The molecule has 2 aromatic rings. The van der Waals surface area contributed by atoms with Crippen LogP contribution >= 0.6 is 0 Å². The van der Waals surface area contributed by atoms with Crippen LogP contribution in [-0.2, 0) is 4.79 Å². The molecular formula is C22H23F3N2O3. The van der Waals surface area contributed by atoms with Gasteiger partial charge in [-0.2, -0.15) is 13.2 Å². The molecule has 0 spiro atoms. The number of carbonyl (C=O) groups excluding carboxylic acids is 3. The van der Waals surface area contributed by atoms with Crippen molar-refractivity contribution >= 4 is 28.8 Å². The molecule has 8 heteroatoms. The molecule has 0 heterocycles. The number of halogens is 3. The first-order valence-corrected chi connectivity index (χ1v) is 9.58. The van der Waals surface area contributed by atoms with Crippen molar-refractivity contribution in [2.24, 2.45) is 0 Å². The number of Topliss-reactive ketones (excluding diaryl/α,β-unsaturated/α-hetero) is 2. The molecule has 0 bridgehead atoms. The third kappa shape index (κ3) is 6.72. The van der Waals surface area contributed by atoms with Crippen molar-refractivity contribution in [2.75, 3.05) is 11.1 Å². The van der Waals surface area contributed by atoms with Gasteiger partial charge in [-0.3, -0.25) is 14.4 Å². The summed E-state index contributed by atoms with van der Waals surface area (Å²) in [4.78, 5) is 35.7. The zero-order chi connectivity index (χ0) is 22.1. The topological polar surface area (TPSA) is 89.3 Å². The van der Waals surface area contributed by atoms with Crippen LogP contribution in [0.1, 0.15) is 59.2 Å². The van der Waals surface area contributed by atoms with Crippen LogP contribution in [-0.4, -0.2) is 23.6 Å². The Morgan fingerprint density at radius 2 is 1.37 bits per heavy atom. The number of alkyl halides is 3. The maximum Gasteiger partial charge on any atom is 0.454 e. The fourth-order valence-electron chi connectivity index (χ4n) is 2.96. The van der Waals surface area contributed by atoms with Crippen molar-refractivity contribution in [1.82, 2.24) is 0 Å². The Kier molecular flexibility index (Phi) is 8.15. The Balaban J connectivity index is 1.74. The van der Waals surface area contributed by atoms with Crippen molar-refractivity contribution in [3.63, 3.8) is 0 Å². The van der Waals surface area contributed by atoms with Crippen LogP contribution in [0, 0.1) is 0 Å². The van der Waals surface area contributed by atoms with Gasteiger partial charge in [0.05, 0.1) is 11.4 Å². The number of nitrogens with two attached hydrogens (primary N) is 1. The second kappa shape index (κ2) is 10.6. The molecule has 0 radical (unpaired) electrons. The van der Waals surface area contributed by atoms with E-state index in [0.29, 0.717) is 43.5 Å². The lowest BCUT2D eigenvalue weighted by Crippen LogP contribution is -2.25. The predicted octanol–water partition coefficient (Wildman–Crippen LogP) is 5.18. The molecule has 1 amide bonds. The van der Waals surface area contributed by atoms with Crippen molar-refractivity contribution < 1.29 is 27.6 Å². The van der Waals surface area contributed by atoms with Crippen molar-refractivity contribution in [1.29, 1.82) is 0 Å². The number of unbranched alkanes of at least 4 members (excludes halogenated alkanes) is 3. The first-order chi connectivity index (χ1) is 14.2. The van der Waals surface area contributed by atoms with Gasteiger partial charge < -0.3 is 11.1 Å². The second-order valence-electron chi connectivity index (χ2n) is 6.85. The van der Waals surface area contributed by atoms with E-state index in [1.54, 1.807) is 24.3 Å². The minimum atomic E-state index is -5.03. The summed E-state index contributed by atoms with van der Waals surface area (Å²) in [6.07, 6.45) is -2.30. The molecule has 0 unspecified atom stereocenters. The lowest BCUT2D eigenvalue weighted by Gasteiger charge is -2.10. The van der Waals surface area contributed by atoms with Crippen LogP contribution in [0.5, 0.6) is 0 Å². The lowest BCUT2D eigenvalue weighted by atomic mass is 9.96. The maximum atomic E-state index is 12.7. The van der Waals surface area contributed by atoms with Crippen LogP contribution in [0.3, 0.4) is 0 Å². The fourth-order valence-corrected chi connectivity index (χ4v) is 2.96. The van der Waals surface area contributed by atoms with E-state index in [0.717, 1.165) is 6.07 Å². The smallest absolute Gasteiger partial charge is 0.397 e. The Bertz CT molecular complexity index is 910. The zero-order valence-electron chi connectivity index (χ0n) is 16.3. The highest BCUT2D eigenvalue weighted by Gasteiger charge is 2.40. The Hall–Kier alpha value is -3.16. The fraction of sp³-hybridized carbons (Fsp3) is 0.318. The number of amides is 1. The van der Waals surface area contributed by atoms with Crippen LogP contribution in [0.2, 0.25) is 0 Å². The number of hydrogen-bond donors (Lipinski definition) is 2. The number of anilines is 2. The molecule has 0 fully saturated rings. The Labute approximate surface area is 172 Å². The molecule has 3 N–H and O–H groups in total. The molecular weight excluding hydrogens is 397 g/mol. The molecule has 0 saturated carbocycles. The van der Waals surface area contributed by atoms with E-state index < -0.39 is 23.3 Å². The zero-order valence-corrected chi connectivity index (χ0v) is 16.3. The molecule has 0 saturated heterocycles. The van der Waals surface area contributed by atoms with Crippen LogP contribution < -0.4 is 11.1 Å². The molecule has 0 aliphatic heterocycles. The largest absolute Gasteiger partial charge is 0.454 e. The van der Waals surface area contributed by atoms with Gasteiger partial charge in [0.1, 0.15) is 0 Å². The van der Waals surface area contributed by atoms with Gasteiger partial charge in [0.15, 0.2) is 5.78 Å². The van der Waals surface area contributed by atoms with Gasteiger partial charge >= 0.3 is 6.18 Å². The van der Waals surface area contributed by atoms with E-state index >= 15 is 0 Å². The highest BCUT2D eigenvalue weighted by atomic mass is 19.4. The first-order valence-electron chi connectivity index (χ1n) is 9.58. The average Bonchev–Trinajstić information content (AvgIpc) is 2.71. The van der Waals surface area contributed by atoms with Crippen LogP contribution in [0.15, 0.2) is 48.5 Å². The van der Waals surface area contributed by atoms with Gasteiger partial charge in [0, 0.05) is 24.0 Å². The number of ketones is 2. The highest BCUT2D eigenvalue weighted by molar-refractivity contribution is 6.10. The Morgan fingerprint density at radius 1 is 0.800 bits per heavy atom. The van der Waals surface area contributed by atoms with E-state index in [-0.39, 0.29) is 17.9 Å². The van der Waals surface area contributed by atoms with E-state index in [1.165, 1.54) is 18.2 Å². The minimum Gasteiger partial charge on any atom is -0.397 e. The summed E-state index contributed by atoms with van der Waals surface area (Å²) < 4.78 is 38.1. The third-order valence-corrected chi connectivity index (χ3v) is 4.52. The quantitative estimate of drug-likeness (QED) is 0.315. The van der Waals surface area contributed by atoms with Gasteiger partial charge in [-0.15, -0.1) is 0 Å². The maximum absolute atomic E-state index is 12.7. The van der Waals surface area contributed by atoms with Gasteiger partial charge in [-0.1, -0.05) is 49.2 Å². The van der Waals surface area contributed by atoms with Crippen molar-refractivity contribution in [3.8, 4) is 0 Å². The number of hydrogen-bond acceptors (Lipinski definition) is 4. The van der Waals surface area contributed by atoms with Crippen LogP contribution in [0.4, 0.5) is 24.5 Å². The monoisotopic (exact) mass is 420 g/mol. The summed E-state index contributed by atoms with van der Waals surface area (Å²) in [6, 6.07) is 11.9. The summed E-state index contributed by atoms with van der Waals surface area (Å²) in [5.74, 6) is -2.68. The van der Waals surface area contributed by atoms with Crippen molar-refractivity contribution in [2.45, 2.75) is 44.7 Å². The number of benzene rings is 2. The predicted molar refractivity (Wildman–Crippen MR) is 108 cm³/mol. The molecule has 160 valence electrons. The third-order valence-electron chi connectivity index (χ3n) is 4.52. The lowest BCUT2D eigenvalue weighted by molar-refractivity contribution is -0.116. The summed E-state index contributed by atoms with van der Waals surface area (Å²) >= 11 is 0. The van der Waals surface area contributed by atoms with E-state index in [4.69, 9.17) is 5.73 Å². The van der Waals surface area contributed by atoms with Gasteiger partial charge in [-0.05, 0) is 25.0 Å². The summed E-state index contributed by atoms with van der Waals surface area (Å²) in [5, 5.41) is 2.73. The number of nitrogen functional groups attached to an aromatic ring is 1. The van der Waals surface area contributed by atoms with Crippen LogP contribution in [0.25, 0.3) is 0 Å². The number of nitrogens with one attached hydrogen (secondary N) is 1. The summed E-state index contributed by atoms with van der Waals surface area (Å²) in [7, 11) is 0. The SMILES string of the molecule is Nc1ccccc1NC(=O)CCCCCCC(=O)c1ccccc1C(=O)C(F)(F)F. The molecule has 0 aliphatic rings. The summed E-state index contributed by atoms with van der Waals surface area (Å²) in [5.41, 5.74) is 5.97. The minimum absolute atomic E-state index is 0.0366. The molecule has 0 aliphatic carbocycles. The van der Waals surface area contributed by atoms with Gasteiger partial charge in [0.25, 0.3) is 5.78 Å². The summed E-state index contributed by atoms with van der Waals surface area (Å²) in [6.45, 7) is 0. The van der Waals surface area contributed by atoms with Gasteiger partial charge in [0.2, 0.25) is 5.91 Å². The number of rotatable bonds is 10. The van der Waals surface area contributed by atoms with E-state index in [9.17, 15) is 27.6 Å². The highest BCUT2D eigenvalue weighted by Crippen LogP contribution is 2.25. The Morgan fingerprint density at radius 3 is 2.00 bits per heavy atom. The number of para-hydroxylation sites is 2. The normalized spacial score (nSPS) is 11.2. The molecule has 2 aromatic carbocycles. The second-order valence-corrected chi connectivity index (χ2v) is 6.85.